The fourth-order valence-corrected chi connectivity index (χ4v) is 3.28. The quantitative estimate of drug-likeness (QED) is 0.820. The fraction of sp³-hybridized carbons (Fsp3) is 0.500. The predicted octanol–water partition coefficient (Wildman–Crippen LogP) is 1.20. The van der Waals surface area contributed by atoms with E-state index >= 15 is 0 Å². The van der Waals surface area contributed by atoms with Crippen LogP contribution in [0.2, 0.25) is 0 Å². The lowest BCUT2D eigenvalue weighted by Crippen LogP contribution is -2.57. The molecule has 1 atom stereocenters. The van der Waals surface area contributed by atoms with E-state index in [1.165, 1.54) is 6.92 Å². The van der Waals surface area contributed by atoms with E-state index in [0.29, 0.717) is 5.56 Å². The topological polar surface area (TPSA) is 43.9 Å². The molecule has 1 aromatic carbocycles. The van der Waals surface area contributed by atoms with E-state index in [-0.39, 0.29) is 11.7 Å². The molecular weight excluding hydrogens is 266 g/mol. The zero-order valence-corrected chi connectivity index (χ0v) is 12.6. The number of para-hydroxylation sites is 1. The fourth-order valence-electron chi connectivity index (χ4n) is 3.28. The van der Waals surface area contributed by atoms with Crippen molar-refractivity contribution in [2.75, 3.05) is 37.6 Å². The van der Waals surface area contributed by atoms with Gasteiger partial charge in [0.1, 0.15) is 0 Å². The number of anilines is 1. The smallest absolute Gasteiger partial charge is 0.225 e. The van der Waals surface area contributed by atoms with Gasteiger partial charge in [-0.1, -0.05) is 19.1 Å². The van der Waals surface area contributed by atoms with Gasteiger partial charge in [0.25, 0.3) is 0 Å². The molecule has 0 unspecified atom stereocenters. The zero-order chi connectivity index (χ0) is 15.0. The molecule has 112 valence electrons. The highest BCUT2D eigenvalue weighted by molar-refractivity contribution is 6.17. The number of hydrogen-bond acceptors (Lipinski definition) is 4. The van der Waals surface area contributed by atoms with E-state index in [9.17, 15) is 9.59 Å². The molecule has 0 spiro atoms. The number of piperazine rings is 1. The van der Waals surface area contributed by atoms with E-state index in [1.807, 2.05) is 24.3 Å². The van der Waals surface area contributed by atoms with Gasteiger partial charge in [0.15, 0.2) is 6.17 Å². The van der Waals surface area contributed by atoms with Gasteiger partial charge >= 0.3 is 0 Å². The van der Waals surface area contributed by atoms with Gasteiger partial charge in [-0.2, -0.15) is 0 Å². The van der Waals surface area contributed by atoms with Crippen LogP contribution in [0.1, 0.15) is 24.2 Å². The molecule has 1 aromatic rings. The molecule has 1 amide bonds. The first-order chi connectivity index (χ1) is 10.1. The molecule has 3 rings (SSSR count). The Morgan fingerprint density at radius 3 is 2.48 bits per heavy atom. The lowest BCUT2D eigenvalue weighted by atomic mass is 10.1. The van der Waals surface area contributed by atoms with Crippen molar-refractivity contribution in [2.45, 2.75) is 20.0 Å². The molecule has 0 bridgehead atoms. The predicted molar refractivity (Wildman–Crippen MR) is 81.4 cm³/mol. The summed E-state index contributed by atoms with van der Waals surface area (Å²) in [6.45, 7) is 8.25. The molecule has 2 heterocycles. The second kappa shape index (κ2) is 5.58. The minimum Gasteiger partial charge on any atom is -0.301 e. The molecule has 0 saturated carbocycles. The van der Waals surface area contributed by atoms with E-state index < -0.39 is 6.17 Å². The maximum absolute atomic E-state index is 12.7. The SMILES string of the molecule is CCN1CCN([C@H]2C(=O)c3ccccc3N2C(C)=O)CC1. The number of nitrogens with zero attached hydrogens (tertiary/aromatic N) is 3. The molecule has 1 fully saturated rings. The normalized spacial score (nSPS) is 23.4. The van der Waals surface area contributed by atoms with Crippen molar-refractivity contribution in [3.8, 4) is 0 Å². The van der Waals surface area contributed by atoms with Crippen molar-refractivity contribution in [3.05, 3.63) is 29.8 Å². The van der Waals surface area contributed by atoms with Crippen molar-refractivity contribution >= 4 is 17.4 Å². The monoisotopic (exact) mass is 287 g/mol. The Labute approximate surface area is 125 Å². The van der Waals surface area contributed by atoms with Crippen LogP contribution < -0.4 is 4.90 Å². The maximum atomic E-state index is 12.7. The van der Waals surface area contributed by atoms with Crippen LogP contribution in [0.25, 0.3) is 0 Å². The van der Waals surface area contributed by atoms with Gasteiger partial charge in [-0.3, -0.25) is 19.4 Å². The summed E-state index contributed by atoms with van der Waals surface area (Å²) in [6, 6.07) is 7.40. The Morgan fingerprint density at radius 1 is 1.19 bits per heavy atom. The first kappa shape index (κ1) is 14.2. The molecule has 0 aromatic heterocycles. The number of likely N-dealkylation sites (N-methyl/N-ethyl adjacent to an activating group) is 1. The Balaban J connectivity index is 1.89. The number of carbonyl (C=O) groups is 2. The second-order valence-corrected chi connectivity index (χ2v) is 5.61. The number of ketones is 1. The number of carbonyl (C=O) groups excluding carboxylic acids is 2. The van der Waals surface area contributed by atoms with Crippen molar-refractivity contribution in [3.63, 3.8) is 0 Å². The highest BCUT2D eigenvalue weighted by Crippen LogP contribution is 2.33. The number of benzene rings is 1. The van der Waals surface area contributed by atoms with Crippen molar-refractivity contribution in [1.29, 1.82) is 0 Å². The first-order valence-electron chi connectivity index (χ1n) is 7.53. The number of fused-ring (bicyclic) bond motifs is 1. The lowest BCUT2D eigenvalue weighted by Gasteiger charge is -2.39. The van der Waals surface area contributed by atoms with Crippen molar-refractivity contribution in [1.82, 2.24) is 9.80 Å². The third-order valence-electron chi connectivity index (χ3n) is 4.45. The minimum absolute atomic E-state index is 0.0470. The summed E-state index contributed by atoms with van der Waals surface area (Å²) in [5.41, 5.74) is 1.41. The highest BCUT2D eigenvalue weighted by Gasteiger charge is 2.43. The van der Waals surface area contributed by atoms with Crippen LogP contribution in [-0.4, -0.2) is 60.4 Å². The molecule has 5 nitrogen and oxygen atoms in total. The summed E-state index contributed by atoms with van der Waals surface area (Å²) < 4.78 is 0. The second-order valence-electron chi connectivity index (χ2n) is 5.61. The van der Waals surface area contributed by atoms with E-state index in [2.05, 4.69) is 16.7 Å². The standard InChI is InChI=1S/C16H21N3O2/c1-3-17-8-10-18(11-9-17)16-15(21)13-6-4-5-7-14(13)19(16)12(2)20/h4-7,16H,3,8-11H2,1-2H3/t16-/m1/s1. The van der Waals surface area contributed by atoms with Gasteiger partial charge in [-0.25, -0.2) is 0 Å². The van der Waals surface area contributed by atoms with Crippen LogP contribution >= 0.6 is 0 Å². The van der Waals surface area contributed by atoms with Crippen LogP contribution in [0, 0.1) is 0 Å². The molecule has 1 saturated heterocycles. The van der Waals surface area contributed by atoms with Gasteiger partial charge in [0, 0.05) is 38.7 Å². The molecule has 21 heavy (non-hydrogen) atoms. The Morgan fingerprint density at radius 2 is 1.86 bits per heavy atom. The summed E-state index contributed by atoms with van der Waals surface area (Å²) in [5, 5.41) is 0. The molecule has 2 aliphatic heterocycles. The lowest BCUT2D eigenvalue weighted by molar-refractivity contribution is -0.117. The average Bonchev–Trinajstić information content (AvgIpc) is 2.81. The number of Topliss-reactive ketones (excluding diaryl/α,β-unsaturated/α-hetero) is 1. The number of amides is 1. The number of hydrogen-bond donors (Lipinski definition) is 0. The van der Waals surface area contributed by atoms with E-state index in [0.717, 1.165) is 38.4 Å². The van der Waals surface area contributed by atoms with Crippen molar-refractivity contribution < 1.29 is 9.59 Å². The number of rotatable bonds is 2. The maximum Gasteiger partial charge on any atom is 0.225 e. The summed E-state index contributed by atoms with van der Waals surface area (Å²) in [6.07, 6.45) is -0.459. The van der Waals surface area contributed by atoms with Crippen molar-refractivity contribution in [2.24, 2.45) is 0 Å². The molecule has 5 heteroatoms. The molecule has 0 aliphatic carbocycles. The molecule has 0 radical (unpaired) electrons. The largest absolute Gasteiger partial charge is 0.301 e. The third-order valence-corrected chi connectivity index (χ3v) is 4.45. The zero-order valence-electron chi connectivity index (χ0n) is 12.6. The molecular formula is C16H21N3O2. The van der Waals surface area contributed by atoms with Gasteiger partial charge in [-0.15, -0.1) is 0 Å². The molecule has 2 aliphatic rings. The van der Waals surface area contributed by atoms with E-state index in [4.69, 9.17) is 0 Å². The first-order valence-corrected chi connectivity index (χ1v) is 7.53. The van der Waals surface area contributed by atoms with Crippen LogP contribution in [0.3, 0.4) is 0 Å². The summed E-state index contributed by atoms with van der Waals surface area (Å²) in [7, 11) is 0. The van der Waals surface area contributed by atoms with Gasteiger partial charge in [-0.05, 0) is 18.7 Å². The van der Waals surface area contributed by atoms with Gasteiger partial charge in [0.2, 0.25) is 11.7 Å². The summed E-state index contributed by atoms with van der Waals surface area (Å²) >= 11 is 0. The minimum atomic E-state index is -0.459. The van der Waals surface area contributed by atoms with Gasteiger partial charge in [0.05, 0.1) is 5.69 Å². The summed E-state index contributed by atoms with van der Waals surface area (Å²) in [4.78, 5) is 30.9. The van der Waals surface area contributed by atoms with Crippen LogP contribution in [0.5, 0.6) is 0 Å². The molecule has 0 N–H and O–H groups in total. The Hall–Kier alpha value is -1.72. The average molecular weight is 287 g/mol. The van der Waals surface area contributed by atoms with Crippen LogP contribution in [0.15, 0.2) is 24.3 Å². The Bertz CT molecular complexity index is 564. The van der Waals surface area contributed by atoms with Gasteiger partial charge < -0.3 is 4.90 Å². The third kappa shape index (κ3) is 2.36. The highest BCUT2D eigenvalue weighted by atomic mass is 16.2. The Kier molecular flexibility index (Phi) is 3.78. The van der Waals surface area contributed by atoms with Crippen LogP contribution in [-0.2, 0) is 4.79 Å². The van der Waals surface area contributed by atoms with Crippen LogP contribution in [0.4, 0.5) is 5.69 Å². The van der Waals surface area contributed by atoms with E-state index in [1.54, 1.807) is 4.90 Å². The summed E-state index contributed by atoms with van der Waals surface area (Å²) in [5.74, 6) is -0.0260.